The molecule has 2 aromatic rings. The lowest BCUT2D eigenvalue weighted by Gasteiger charge is -2.32. The number of amides is 2. The molecule has 1 aliphatic rings. The summed E-state index contributed by atoms with van der Waals surface area (Å²) in [5, 5.41) is 15.3. The number of piperidine rings is 1. The second kappa shape index (κ2) is 11.1. The molecule has 0 saturated carbocycles. The second-order valence-electron chi connectivity index (χ2n) is 7.96. The minimum atomic E-state index is -0.0680. The van der Waals surface area contributed by atoms with Crippen LogP contribution in [0.2, 0.25) is 0 Å². The van der Waals surface area contributed by atoms with Crippen molar-refractivity contribution >= 4 is 35.1 Å². The number of aromatic nitrogens is 2. The molecule has 1 saturated heterocycles. The van der Waals surface area contributed by atoms with Gasteiger partial charge in [-0.1, -0.05) is 30.8 Å². The van der Waals surface area contributed by atoms with Crippen LogP contribution in [0.25, 0.3) is 0 Å². The predicted octanol–water partition coefficient (Wildman–Crippen LogP) is 3.57. The first-order valence-electron chi connectivity index (χ1n) is 10.8. The van der Waals surface area contributed by atoms with Crippen molar-refractivity contribution in [3.8, 4) is 0 Å². The van der Waals surface area contributed by atoms with Crippen LogP contribution < -0.4 is 15.5 Å². The zero-order valence-corrected chi connectivity index (χ0v) is 19.3. The van der Waals surface area contributed by atoms with E-state index in [4.69, 9.17) is 0 Å². The minimum Gasteiger partial charge on any atom is -0.356 e. The van der Waals surface area contributed by atoms with Crippen molar-refractivity contribution in [3.63, 3.8) is 0 Å². The molecule has 3 rings (SSSR count). The normalized spacial score (nSPS) is 16.1. The topological polar surface area (TPSA) is 87.2 Å². The number of carbonyl (C=O) groups excluding carboxylic acids is 2. The predicted molar refractivity (Wildman–Crippen MR) is 126 cm³/mol. The van der Waals surface area contributed by atoms with Crippen molar-refractivity contribution in [3.05, 3.63) is 41.5 Å². The van der Waals surface area contributed by atoms with Crippen LogP contribution in [-0.2, 0) is 9.59 Å². The van der Waals surface area contributed by atoms with Gasteiger partial charge >= 0.3 is 0 Å². The van der Waals surface area contributed by atoms with Gasteiger partial charge in [0.2, 0.25) is 11.8 Å². The third-order valence-corrected chi connectivity index (χ3v) is 6.23. The maximum absolute atomic E-state index is 12.3. The smallest absolute Gasteiger partial charge is 0.234 e. The molecule has 1 aromatic carbocycles. The number of nitrogens with one attached hydrogen (secondary N) is 2. The molecular weight excluding hydrogens is 410 g/mol. The van der Waals surface area contributed by atoms with Crippen LogP contribution >= 0.6 is 11.8 Å². The fourth-order valence-electron chi connectivity index (χ4n) is 3.55. The van der Waals surface area contributed by atoms with Gasteiger partial charge in [0.1, 0.15) is 5.03 Å². The van der Waals surface area contributed by atoms with E-state index in [1.165, 1.54) is 11.8 Å². The van der Waals surface area contributed by atoms with Gasteiger partial charge in [0.25, 0.3) is 0 Å². The Bertz CT molecular complexity index is 903. The maximum Gasteiger partial charge on any atom is 0.234 e. The van der Waals surface area contributed by atoms with Crippen LogP contribution in [0.1, 0.15) is 37.3 Å². The van der Waals surface area contributed by atoms with Crippen LogP contribution in [0.3, 0.4) is 0 Å². The van der Waals surface area contributed by atoms with Crippen LogP contribution in [-0.4, -0.2) is 47.4 Å². The first-order chi connectivity index (χ1) is 15.0. The Morgan fingerprint density at radius 3 is 2.77 bits per heavy atom. The highest BCUT2D eigenvalue weighted by Crippen LogP contribution is 2.23. The highest BCUT2D eigenvalue weighted by molar-refractivity contribution is 7.99. The van der Waals surface area contributed by atoms with E-state index in [9.17, 15) is 9.59 Å². The van der Waals surface area contributed by atoms with Gasteiger partial charge in [0, 0.05) is 25.3 Å². The number of anilines is 2. The number of rotatable bonds is 8. The molecule has 31 heavy (non-hydrogen) atoms. The van der Waals surface area contributed by atoms with E-state index in [1.54, 1.807) is 0 Å². The van der Waals surface area contributed by atoms with E-state index < -0.39 is 0 Å². The third-order valence-electron chi connectivity index (χ3n) is 5.31. The lowest BCUT2D eigenvalue weighted by molar-refractivity contribution is -0.125. The Hall–Kier alpha value is -2.61. The quantitative estimate of drug-likeness (QED) is 0.609. The number of aryl methyl sites for hydroxylation is 2. The Kier molecular flexibility index (Phi) is 8.28. The van der Waals surface area contributed by atoms with Crippen LogP contribution in [0, 0.1) is 19.8 Å². The molecule has 2 amide bonds. The van der Waals surface area contributed by atoms with Gasteiger partial charge in [-0.15, -0.1) is 10.2 Å². The Morgan fingerprint density at radius 1 is 1.19 bits per heavy atom. The summed E-state index contributed by atoms with van der Waals surface area (Å²) in [7, 11) is 0. The number of hydrogen-bond acceptors (Lipinski definition) is 6. The molecule has 1 aliphatic heterocycles. The SMILES string of the molecule is CCCNC(=O)[C@@H]1CCCN(c2ccc(SCC(=O)Nc3cc(C)ccc3C)nn2)C1. The van der Waals surface area contributed by atoms with Crippen molar-refractivity contribution in [2.24, 2.45) is 5.92 Å². The van der Waals surface area contributed by atoms with Crippen molar-refractivity contribution in [1.82, 2.24) is 15.5 Å². The van der Waals surface area contributed by atoms with Gasteiger partial charge < -0.3 is 15.5 Å². The van der Waals surface area contributed by atoms with Crippen molar-refractivity contribution < 1.29 is 9.59 Å². The summed E-state index contributed by atoms with van der Waals surface area (Å²) in [5.41, 5.74) is 2.99. The van der Waals surface area contributed by atoms with E-state index in [0.29, 0.717) is 11.6 Å². The summed E-state index contributed by atoms with van der Waals surface area (Å²) < 4.78 is 0. The number of nitrogens with zero attached hydrogens (tertiary/aromatic N) is 3. The highest BCUT2D eigenvalue weighted by Gasteiger charge is 2.26. The third kappa shape index (κ3) is 6.69. The molecule has 7 nitrogen and oxygen atoms in total. The van der Waals surface area contributed by atoms with Gasteiger partial charge in [-0.25, -0.2) is 0 Å². The molecule has 0 aliphatic carbocycles. The van der Waals surface area contributed by atoms with Gasteiger partial charge in [-0.2, -0.15) is 0 Å². The fourth-order valence-corrected chi connectivity index (χ4v) is 4.16. The molecule has 2 heterocycles. The first kappa shape index (κ1) is 23.1. The van der Waals surface area contributed by atoms with E-state index in [0.717, 1.165) is 55.0 Å². The summed E-state index contributed by atoms with van der Waals surface area (Å²) in [6, 6.07) is 9.81. The van der Waals surface area contributed by atoms with Crippen molar-refractivity contribution in [1.29, 1.82) is 0 Å². The zero-order valence-electron chi connectivity index (χ0n) is 18.5. The monoisotopic (exact) mass is 441 g/mol. The summed E-state index contributed by atoms with van der Waals surface area (Å²) in [5.74, 6) is 1.09. The lowest BCUT2D eigenvalue weighted by atomic mass is 9.97. The van der Waals surface area contributed by atoms with Gasteiger partial charge in [0.05, 0.1) is 11.7 Å². The Balaban J connectivity index is 1.51. The summed E-state index contributed by atoms with van der Waals surface area (Å²) in [6.07, 6.45) is 2.80. The molecule has 2 N–H and O–H groups in total. The molecular formula is C23H31N5O2S. The number of thioether (sulfide) groups is 1. The fraction of sp³-hybridized carbons (Fsp3) is 0.478. The van der Waals surface area contributed by atoms with Crippen LogP contribution in [0.15, 0.2) is 35.4 Å². The number of hydrogen-bond donors (Lipinski definition) is 2. The summed E-state index contributed by atoms with van der Waals surface area (Å²) in [6.45, 7) is 8.29. The van der Waals surface area contributed by atoms with Gasteiger partial charge in [-0.05, 0) is 62.4 Å². The number of benzene rings is 1. The molecule has 0 bridgehead atoms. The molecule has 8 heteroatoms. The Morgan fingerprint density at radius 2 is 2.03 bits per heavy atom. The van der Waals surface area contributed by atoms with Crippen LogP contribution in [0.4, 0.5) is 11.5 Å². The molecule has 0 radical (unpaired) electrons. The van der Waals surface area contributed by atoms with Crippen molar-refractivity contribution in [2.75, 3.05) is 35.6 Å². The highest BCUT2D eigenvalue weighted by atomic mass is 32.2. The summed E-state index contributed by atoms with van der Waals surface area (Å²) >= 11 is 1.36. The van der Waals surface area contributed by atoms with E-state index in [1.807, 2.05) is 44.2 Å². The van der Waals surface area contributed by atoms with Crippen molar-refractivity contribution in [2.45, 2.75) is 45.1 Å². The minimum absolute atomic E-state index is 0.00933. The van der Waals surface area contributed by atoms with Crippen LogP contribution in [0.5, 0.6) is 0 Å². The van der Waals surface area contributed by atoms with E-state index in [-0.39, 0.29) is 23.5 Å². The van der Waals surface area contributed by atoms with E-state index in [2.05, 4.69) is 32.7 Å². The van der Waals surface area contributed by atoms with Gasteiger partial charge in [-0.3, -0.25) is 9.59 Å². The van der Waals surface area contributed by atoms with E-state index >= 15 is 0 Å². The number of carbonyl (C=O) groups is 2. The largest absolute Gasteiger partial charge is 0.356 e. The molecule has 0 unspecified atom stereocenters. The Labute approximate surface area is 188 Å². The average molecular weight is 442 g/mol. The molecule has 1 fully saturated rings. The standard InChI is InChI=1S/C23H31N5O2S/c1-4-11-24-23(30)18-6-5-12-28(14-18)20-9-10-22(27-26-20)31-15-21(29)25-19-13-16(2)7-8-17(19)3/h7-10,13,18H,4-6,11-12,14-15H2,1-3H3,(H,24,30)(H,25,29)/t18-/m1/s1. The maximum atomic E-state index is 12.3. The molecule has 0 spiro atoms. The lowest BCUT2D eigenvalue weighted by Crippen LogP contribution is -2.43. The summed E-state index contributed by atoms with van der Waals surface area (Å²) in [4.78, 5) is 26.7. The first-order valence-corrected chi connectivity index (χ1v) is 11.8. The zero-order chi connectivity index (χ0) is 22.2. The second-order valence-corrected chi connectivity index (χ2v) is 8.96. The molecule has 1 atom stereocenters. The molecule has 166 valence electrons. The average Bonchev–Trinajstić information content (AvgIpc) is 2.79. The molecule has 1 aromatic heterocycles. The van der Waals surface area contributed by atoms with Gasteiger partial charge in [0.15, 0.2) is 5.82 Å².